The molecule has 6 heteroatoms. The molecule has 0 unspecified atom stereocenters. The van der Waals surface area contributed by atoms with Crippen LogP contribution in [0.4, 0.5) is 0 Å². The minimum absolute atomic E-state index is 0.377. The van der Waals surface area contributed by atoms with Crippen molar-refractivity contribution in [3.63, 3.8) is 0 Å². The molecular formula is C19H23Cl2N3O+2. The van der Waals surface area contributed by atoms with E-state index in [9.17, 15) is 5.11 Å². The first-order valence-electron chi connectivity index (χ1n) is 8.82. The van der Waals surface area contributed by atoms with Crippen molar-refractivity contribution in [1.29, 1.82) is 0 Å². The molecule has 4 N–H and O–H groups in total. The zero-order valence-electron chi connectivity index (χ0n) is 14.0. The molecule has 0 radical (unpaired) electrons. The molecule has 4 rings (SSSR count). The number of quaternary nitrogens is 2. The molecule has 25 heavy (non-hydrogen) atoms. The van der Waals surface area contributed by atoms with Gasteiger partial charge in [-0.2, -0.15) is 0 Å². The fourth-order valence-corrected chi connectivity index (χ4v) is 4.28. The van der Waals surface area contributed by atoms with Crippen LogP contribution in [0.25, 0.3) is 21.8 Å². The van der Waals surface area contributed by atoms with Crippen molar-refractivity contribution in [3.8, 4) is 0 Å². The number of aromatic nitrogens is 1. The molecule has 2 aromatic carbocycles. The minimum Gasteiger partial charge on any atom is -0.385 e. The molecule has 1 aliphatic rings. The van der Waals surface area contributed by atoms with E-state index in [1.54, 1.807) is 0 Å². The third kappa shape index (κ3) is 3.50. The van der Waals surface area contributed by atoms with E-state index in [1.165, 1.54) is 4.90 Å². The van der Waals surface area contributed by atoms with Crippen LogP contribution in [0, 0.1) is 0 Å². The Labute approximate surface area is 156 Å². The summed E-state index contributed by atoms with van der Waals surface area (Å²) in [7, 11) is 0. The lowest BCUT2D eigenvalue weighted by Crippen LogP contribution is -3.21. The van der Waals surface area contributed by atoms with Gasteiger partial charge in [0.25, 0.3) is 0 Å². The van der Waals surface area contributed by atoms with Crippen molar-refractivity contribution in [2.75, 3.05) is 32.7 Å². The van der Waals surface area contributed by atoms with Crippen LogP contribution in [0.3, 0.4) is 0 Å². The van der Waals surface area contributed by atoms with Crippen molar-refractivity contribution in [3.05, 3.63) is 46.4 Å². The van der Waals surface area contributed by atoms with E-state index in [0.717, 1.165) is 54.5 Å². The maximum atomic E-state index is 10.7. The summed E-state index contributed by atoms with van der Waals surface area (Å²) < 4.78 is 2.19. The fraction of sp³-hybridized carbons (Fsp3) is 0.368. The number of nitrogens with two attached hydrogens (primary N) is 1. The average molecular weight is 380 g/mol. The Balaban J connectivity index is 1.69. The molecule has 0 aliphatic carbocycles. The number of rotatable bonds is 4. The molecule has 1 aromatic heterocycles. The standard InChI is InChI=1S/C19H21Cl2N3O/c20-13-1-3-18-16(9-13)17-10-14(21)2-4-19(17)24(18)12-15(25)11-23-7-5-22-6-8-23/h1-4,9-10,15,22,25H,5-8,11-12H2/p+2/t15-/m1/s1. The topological polar surface area (TPSA) is 46.2 Å². The summed E-state index contributed by atoms with van der Waals surface area (Å²) in [6, 6.07) is 11.8. The molecule has 1 aliphatic heterocycles. The number of hydrogen-bond acceptors (Lipinski definition) is 1. The maximum Gasteiger partial charge on any atom is 0.127 e. The van der Waals surface area contributed by atoms with E-state index in [2.05, 4.69) is 9.88 Å². The quantitative estimate of drug-likeness (QED) is 0.620. The third-order valence-electron chi connectivity index (χ3n) is 5.11. The van der Waals surface area contributed by atoms with Crippen LogP contribution in [0.5, 0.6) is 0 Å². The summed E-state index contributed by atoms with van der Waals surface area (Å²) in [6.45, 7) is 5.90. The first kappa shape index (κ1) is 17.1. The number of hydrogen-bond donors (Lipinski definition) is 3. The summed E-state index contributed by atoms with van der Waals surface area (Å²) in [5.41, 5.74) is 2.17. The zero-order valence-corrected chi connectivity index (χ0v) is 15.5. The summed E-state index contributed by atoms with van der Waals surface area (Å²) in [6.07, 6.45) is -0.377. The highest BCUT2D eigenvalue weighted by molar-refractivity contribution is 6.33. The number of fused-ring (bicyclic) bond motifs is 3. The molecule has 2 heterocycles. The van der Waals surface area contributed by atoms with Crippen molar-refractivity contribution in [1.82, 2.24) is 4.57 Å². The Kier molecular flexibility index (Phi) is 4.89. The molecule has 132 valence electrons. The summed E-state index contributed by atoms with van der Waals surface area (Å²) in [5.74, 6) is 0. The van der Waals surface area contributed by atoms with Gasteiger partial charge in [0.2, 0.25) is 0 Å². The molecule has 0 amide bonds. The van der Waals surface area contributed by atoms with Gasteiger partial charge in [0.15, 0.2) is 0 Å². The molecule has 1 fully saturated rings. The lowest BCUT2D eigenvalue weighted by atomic mass is 10.1. The second kappa shape index (κ2) is 7.14. The van der Waals surface area contributed by atoms with Crippen molar-refractivity contribution >= 4 is 45.0 Å². The van der Waals surface area contributed by atoms with Gasteiger partial charge < -0.3 is 19.9 Å². The van der Waals surface area contributed by atoms with Crippen LogP contribution in [0.1, 0.15) is 0 Å². The van der Waals surface area contributed by atoms with Crippen LogP contribution in [-0.2, 0) is 6.54 Å². The van der Waals surface area contributed by atoms with Crippen LogP contribution in [-0.4, -0.2) is 48.5 Å². The lowest BCUT2D eigenvalue weighted by molar-refractivity contribution is -0.949. The van der Waals surface area contributed by atoms with Crippen molar-refractivity contribution in [2.45, 2.75) is 12.6 Å². The lowest BCUT2D eigenvalue weighted by Gasteiger charge is -2.25. The Morgan fingerprint density at radius 3 is 2.12 bits per heavy atom. The average Bonchev–Trinajstić information content (AvgIpc) is 2.88. The molecule has 0 bridgehead atoms. The van der Waals surface area contributed by atoms with Gasteiger partial charge in [-0.1, -0.05) is 23.2 Å². The van der Waals surface area contributed by atoms with Crippen molar-refractivity contribution in [2.24, 2.45) is 0 Å². The summed E-state index contributed by atoms with van der Waals surface area (Å²) in [5, 5.41) is 16.6. The Hall–Kier alpha value is -1.30. The molecule has 1 atom stereocenters. The number of nitrogens with one attached hydrogen (secondary N) is 1. The first-order chi connectivity index (χ1) is 12.1. The predicted molar refractivity (Wildman–Crippen MR) is 103 cm³/mol. The maximum absolute atomic E-state index is 10.7. The van der Waals surface area contributed by atoms with Crippen LogP contribution >= 0.6 is 23.2 Å². The minimum atomic E-state index is -0.377. The smallest absolute Gasteiger partial charge is 0.127 e. The highest BCUT2D eigenvalue weighted by Gasteiger charge is 2.21. The van der Waals surface area contributed by atoms with Crippen LogP contribution in [0.2, 0.25) is 10.0 Å². The summed E-state index contributed by atoms with van der Waals surface area (Å²) >= 11 is 12.4. The van der Waals surface area contributed by atoms with Gasteiger partial charge in [-0.15, -0.1) is 0 Å². The highest BCUT2D eigenvalue weighted by atomic mass is 35.5. The van der Waals surface area contributed by atoms with Gasteiger partial charge in [0, 0.05) is 31.9 Å². The van der Waals surface area contributed by atoms with Gasteiger partial charge in [-0.25, -0.2) is 0 Å². The van der Waals surface area contributed by atoms with E-state index in [1.807, 2.05) is 36.4 Å². The molecular weight excluding hydrogens is 357 g/mol. The molecule has 4 nitrogen and oxygen atoms in total. The van der Waals surface area contributed by atoms with Gasteiger partial charge >= 0.3 is 0 Å². The highest BCUT2D eigenvalue weighted by Crippen LogP contribution is 2.32. The van der Waals surface area contributed by atoms with Crippen molar-refractivity contribution < 1.29 is 15.3 Å². The second-order valence-corrected chi connectivity index (χ2v) is 7.78. The Bertz CT molecular complexity index is 843. The van der Waals surface area contributed by atoms with Gasteiger partial charge in [-0.3, -0.25) is 0 Å². The van der Waals surface area contributed by atoms with Crippen LogP contribution in [0.15, 0.2) is 36.4 Å². The number of aliphatic hydroxyl groups is 1. The molecule has 0 spiro atoms. The second-order valence-electron chi connectivity index (χ2n) is 6.91. The van der Waals surface area contributed by atoms with Gasteiger partial charge in [0.1, 0.15) is 38.8 Å². The number of benzene rings is 2. The van der Waals surface area contributed by atoms with E-state index in [0.29, 0.717) is 16.6 Å². The summed E-state index contributed by atoms with van der Waals surface area (Å²) in [4.78, 5) is 1.49. The van der Waals surface area contributed by atoms with Gasteiger partial charge in [-0.05, 0) is 36.4 Å². The van der Waals surface area contributed by atoms with E-state index < -0.39 is 0 Å². The predicted octanol–water partition coefficient (Wildman–Crippen LogP) is 0.924. The third-order valence-corrected chi connectivity index (χ3v) is 5.58. The zero-order chi connectivity index (χ0) is 17.4. The number of halogens is 2. The molecule has 3 aromatic rings. The van der Waals surface area contributed by atoms with E-state index in [-0.39, 0.29) is 6.10 Å². The van der Waals surface area contributed by atoms with Crippen LogP contribution < -0.4 is 10.2 Å². The van der Waals surface area contributed by atoms with E-state index >= 15 is 0 Å². The first-order valence-corrected chi connectivity index (χ1v) is 9.58. The monoisotopic (exact) mass is 379 g/mol. The normalized spacial score (nSPS) is 17.4. The SMILES string of the molecule is O[C@@H](Cn1c2ccc(Cl)cc2c2cc(Cl)ccc21)C[NH+]1CC[NH2+]CC1. The Morgan fingerprint density at radius 2 is 1.56 bits per heavy atom. The Morgan fingerprint density at radius 1 is 1.00 bits per heavy atom. The largest absolute Gasteiger partial charge is 0.385 e. The molecule has 0 saturated carbocycles. The number of piperazine rings is 1. The van der Waals surface area contributed by atoms with E-state index in [4.69, 9.17) is 23.2 Å². The fourth-order valence-electron chi connectivity index (χ4n) is 3.94. The van der Waals surface area contributed by atoms with Gasteiger partial charge in [0.05, 0.1) is 6.54 Å². The number of nitrogens with zero attached hydrogens (tertiary/aromatic N) is 1. The molecule has 1 saturated heterocycles. The number of aliphatic hydroxyl groups excluding tert-OH is 1.